The Bertz CT molecular complexity index is 786. The van der Waals surface area contributed by atoms with E-state index < -0.39 is 16.9 Å². The first-order valence-corrected chi connectivity index (χ1v) is 7.49. The maximum atomic E-state index is 12.0. The average molecular weight is 339 g/mol. The quantitative estimate of drug-likeness (QED) is 0.515. The number of imide groups is 1. The highest BCUT2D eigenvalue weighted by Crippen LogP contribution is 2.12. The topological polar surface area (TPSA) is 92.6 Å². The molecule has 0 aliphatic heterocycles. The van der Waals surface area contributed by atoms with Gasteiger partial charge in [0.2, 0.25) is 0 Å². The maximum absolute atomic E-state index is 12.0. The van der Waals surface area contributed by atoms with Crippen LogP contribution >= 0.6 is 0 Å². The van der Waals surface area contributed by atoms with Gasteiger partial charge >= 0.3 is 6.03 Å². The smallest absolute Gasteiger partial charge is 0.324 e. The van der Waals surface area contributed by atoms with Crippen molar-refractivity contribution >= 4 is 23.7 Å². The third-order valence-corrected chi connectivity index (χ3v) is 3.44. The first-order valence-electron chi connectivity index (χ1n) is 7.49. The molecular formula is C18H17N3O4. The number of urea groups is 1. The Morgan fingerprint density at radius 1 is 1.12 bits per heavy atom. The number of nitro benzene ring substituents is 1. The molecule has 7 nitrogen and oxygen atoms in total. The van der Waals surface area contributed by atoms with Gasteiger partial charge in [-0.15, -0.1) is 0 Å². The van der Waals surface area contributed by atoms with E-state index in [2.05, 4.69) is 5.32 Å². The lowest BCUT2D eigenvalue weighted by Crippen LogP contribution is -2.39. The second kappa shape index (κ2) is 8.39. The molecule has 0 unspecified atom stereocenters. The number of rotatable bonds is 5. The van der Waals surface area contributed by atoms with Crippen LogP contribution in [0.2, 0.25) is 0 Å². The van der Waals surface area contributed by atoms with Gasteiger partial charge in [-0.1, -0.05) is 30.3 Å². The summed E-state index contributed by atoms with van der Waals surface area (Å²) in [6.45, 7) is 0.323. The van der Waals surface area contributed by atoms with Crippen LogP contribution in [0.4, 0.5) is 10.5 Å². The molecule has 2 rings (SSSR count). The molecule has 3 amide bonds. The average Bonchev–Trinajstić information content (AvgIpc) is 2.64. The standard InChI is InChI=1S/C18H17N3O4/c1-20(18(23)19-13-15-5-3-2-4-6-15)17(22)12-9-14-7-10-16(11-8-14)21(24)25/h2-12H,13H2,1H3,(H,19,23). The van der Waals surface area contributed by atoms with Gasteiger partial charge in [0.15, 0.2) is 0 Å². The first-order chi connectivity index (χ1) is 12.0. The fraction of sp³-hybridized carbons (Fsp3) is 0.111. The Labute approximate surface area is 144 Å². The molecule has 0 fully saturated rings. The van der Waals surface area contributed by atoms with E-state index in [1.807, 2.05) is 30.3 Å². The van der Waals surface area contributed by atoms with Gasteiger partial charge in [0.05, 0.1) is 4.92 Å². The van der Waals surface area contributed by atoms with Crippen molar-refractivity contribution in [2.24, 2.45) is 0 Å². The predicted octanol–water partition coefficient (Wildman–Crippen LogP) is 2.98. The summed E-state index contributed by atoms with van der Waals surface area (Å²) in [6.07, 6.45) is 2.73. The number of amides is 3. The lowest BCUT2D eigenvalue weighted by molar-refractivity contribution is -0.384. The number of likely N-dealkylation sites (N-methyl/N-ethyl adjacent to an activating group) is 1. The molecule has 0 aliphatic carbocycles. The van der Waals surface area contributed by atoms with E-state index in [1.54, 1.807) is 0 Å². The number of hydrogen-bond donors (Lipinski definition) is 1. The minimum atomic E-state index is -0.512. The highest BCUT2D eigenvalue weighted by molar-refractivity contribution is 6.02. The monoisotopic (exact) mass is 339 g/mol. The van der Waals surface area contributed by atoms with E-state index in [0.29, 0.717) is 12.1 Å². The Morgan fingerprint density at radius 3 is 2.36 bits per heavy atom. The van der Waals surface area contributed by atoms with Gasteiger partial charge in [-0.2, -0.15) is 0 Å². The van der Waals surface area contributed by atoms with Crippen molar-refractivity contribution in [2.45, 2.75) is 6.54 Å². The molecular weight excluding hydrogens is 322 g/mol. The highest BCUT2D eigenvalue weighted by Gasteiger charge is 2.13. The Kier molecular flexibility index (Phi) is 6.00. The van der Waals surface area contributed by atoms with Gasteiger partial charge in [0.25, 0.3) is 11.6 Å². The molecule has 1 N–H and O–H groups in total. The van der Waals surface area contributed by atoms with Crippen molar-refractivity contribution in [1.82, 2.24) is 10.2 Å². The number of carbonyl (C=O) groups excluding carboxylic acids is 2. The number of carbonyl (C=O) groups is 2. The van der Waals surface area contributed by atoms with E-state index in [0.717, 1.165) is 10.5 Å². The fourth-order valence-corrected chi connectivity index (χ4v) is 1.98. The molecule has 7 heteroatoms. The number of nitrogens with one attached hydrogen (secondary N) is 1. The molecule has 2 aromatic rings. The van der Waals surface area contributed by atoms with Gasteiger partial charge in [0.1, 0.15) is 0 Å². The number of benzene rings is 2. The number of nitrogens with zero attached hydrogens (tertiary/aromatic N) is 2. The van der Waals surface area contributed by atoms with Crippen molar-refractivity contribution < 1.29 is 14.5 Å². The van der Waals surface area contributed by atoms with Crippen LogP contribution in [0.15, 0.2) is 60.7 Å². The van der Waals surface area contributed by atoms with Crippen molar-refractivity contribution in [3.8, 4) is 0 Å². The second-order valence-electron chi connectivity index (χ2n) is 5.22. The molecule has 0 bridgehead atoms. The fourth-order valence-electron chi connectivity index (χ4n) is 1.98. The van der Waals surface area contributed by atoms with Gasteiger partial charge in [-0.3, -0.25) is 19.8 Å². The van der Waals surface area contributed by atoms with Gasteiger partial charge in [0, 0.05) is 31.8 Å². The number of non-ortho nitro benzene ring substituents is 1. The summed E-state index contributed by atoms with van der Waals surface area (Å²) < 4.78 is 0. The van der Waals surface area contributed by atoms with Crippen LogP contribution in [0.1, 0.15) is 11.1 Å². The minimum Gasteiger partial charge on any atom is -0.334 e. The molecule has 128 valence electrons. The summed E-state index contributed by atoms with van der Waals surface area (Å²) in [5.74, 6) is -0.496. The summed E-state index contributed by atoms with van der Waals surface area (Å²) in [5, 5.41) is 13.2. The van der Waals surface area contributed by atoms with Crippen LogP contribution in [0.5, 0.6) is 0 Å². The summed E-state index contributed by atoms with van der Waals surface area (Å²) in [6, 6.07) is 14.6. The third-order valence-electron chi connectivity index (χ3n) is 3.44. The molecule has 2 aromatic carbocycles. The Hall–Kier alpha value is -3.48. The van der Waals surface area contributed by atoms with Crippen LogP contribution in [0.25, 0.3) is 6.08 Å². The van der Waals surface area contributed by atoms with E-state index in [1.165, 1.54) is 43.5 Å². The third kappa shape index (κ3) is 5.28. The van der Waals surface area contributed by atoms with Crippen molar-refractivity contribution in [3.63, 3.8) is 0 Å². The Balaban J connectivity index is 1.90. The molecule has 25 heavy (non-hydrogen) atoms. The summed E-state index contributed by atoms with van der Waals surface area (Å²) in [5.41, 5.74) is 1.52. The zero-order chi connectivity index (χ0) is 18.2. The number of nitro groups is 1. The molecule has 0 aromatic heterocycles. The van der Waals surface area contributed by atoms with Gasteiger partial charge < -0.3 is 5.32 Å². The summed E-state index contributed by atoms with van der Waals surface area (Å²) >= 11 is 0. The minimum absolute atomic E-state index is 0.0270. The van der Waals surface area contributed by atoms with E-state index in [-0.39, 0.29) is 5.69 Å². The lowest BCUT2D eigenvalue weighted by Gasteiger charge is -2.14. The van der Waals surface area contributed by atoms with E-state index >= 15 is 0 Å². The molecule has 0 aliphatic rings. The summed E-state index contributed by atoms with van der Waals surface area (Å²) in [4.78, 5) is 35.0. The van der Waals surface area contributed by atoms with Crippen molar-refractivity contribution in [1.29, 1.82) is 0 Å². The van der Waals surface area contributed by atoms with Gasteiger partial charge in [-0.25, -0.2) is 4.79 Å². The molecule has 0 saturated heterocycles. The largest absolute Gasteiger partial charge is 0.334 e. The van der Waals surface area contributed by atoms with Crippen LogP contribution in [-0.2, 0) is 11.3 Å². The SMILES string of the molecule is CN(C(=O)C=Cc1ccc([N+](=O)[O-])cc1)C(=O)NCc1ccccc1. The van der Waals surface area contributed by atoms with Crippen LogP contribution in [0.3, 0.4) is 0 Å². The zero-order valence-corrected chi connectivity index (χ0v) is 13.6. The van der Waals surface area contributed by atoms with Crippen molar-refractivity contribution in [2.75, 3.05) is 7.05 Å². The molecule has 0 radical (unpaired) electrons. The van der Waals surface area contributed by atoms with E-state index in [4.69, 9.17) is 0 Å². The second-order valence-corrected chi connectivity index (χ2v) is 5.22. The van der Waals surface area contributed by atoms with E-state index in [9.17, 15) is 19.7 Å². The van der Waals surface area contributed by atoms with Crippen molar-refractivity contribution in [3.05, 3.63) is 81.9 Å². The number of hydrogen-bond acceptors (Lipinski definition) is 4. The highest BCUT2D eigenvalue weighted by atomic mass is 16.6. The normalized spacial score (nSPS) is 10.4. The zero-order valence-electron chi connectivity index (χ0n) is 13.6. The molecule has 0 saturated carbocycles. The maximum Gasteiger partial charge on any atom is 0.324 e. The predicted molar refractivity (Wildman–Crippen MR) is 93.6 cm³/mol. The van der Waals surface area contributed by atoms with Gasteiger partial charge in [-0.05, 0) is 29.3 Å². The molecule has 0 spiro atoms. The first kappa shape index (κ1) is 17.9. The van der Waals surface area contributed by atoms with Crippen LogP contribution < -0.4 is 5.32 Å². The lowest BCUT2D eigenvalue weighted by atomic mass is 10.2. The summed E-state index contributed by atoms with van der Waals surface area (Å²) in [7, 11) is 1.38. The van der Waals surface area contributed by atoms with Crippen LogP contribution in [0, 0.1) is 10.1 Å². The Morgan fingerprint density at radius 2 is 1.76 bits per heavy atom. The molecule has 0 atom stereocenters. The molecule has 0 heterocycles. The van der Waals surface area contributed by atoms with Crippen LogP contribution in [-0.4, -0.2) is 28.8 Å².